The molecule has 3 nitrogen and oxygen atoms in total. The second-order valence-corrected chi connectivity index (χ2v) is 8.58. The van der Waals surface area contributed by atoms with Crippen molar-refractivity contribution >= 4 is 5.91 Å². The number of ether oxygens (including phenoxy) is 1. The first-order valence-electron chi connectivity index (χ1n) is 9.26. The number of hydrogen-bond donors (Lipinski definition) is 1. The summed E-state index contributed by atoms with van der Waals surface area (Å²) >= 11 is 0. The van der Waals surface area contributed by atoms with Crippen molar-refractivity contribution in [3.05, 3.63) is 71.3 Å². The number of aryl methyl sites for hydroxylation is 1. The van der Waals surface area contributed by atoms with Crippen LogP contribution in [-0.2, 0) is 21.6 Å². The number of hydrogen-bond acceptors (Lipinski definition) is 2. The van der Waals surface area contributed by atoms with Gasteiger partial charge in [0.2, 0.25) is 5.91 Å². The van der Waals surface area contributed by atoms with Gasteiger partial charge in [0.15, 0.2) is 0 Å². The minimum absolute atomic E-state index is 0.0682. The average Bonchev–Trinajstić information content (AvgIpc) is 3.19. The zero-order valence-electron chi connectivity index (χ0n) is 16.4. The summed E-state index contributed by atoms with van der Waals surface area (Å²) in [6, 6.07) is 18.6. The molecule has 3 heteroatoms. The van der Waals surface area contributed by atoms with Gasteiger partial charge in [0.1, 0.15) is 0 Å². The monoisotopic (exact) mass is 351 g/mol. The van der Waals surface area contributed by atoms with Gasteiger partial charge >= 0.3 is 0 Å². The van der Waals surface area contributed by atoms with Crippen LogP contribution < -0.4 is 5.32 Å². The summed E-state index contributed by atoms with van der Waals surface area (Å²) in [5.41, 5.74) is 2.96. The number of rotatable bonds is 5. The van der Waals surface area contributed by atoms with Crippen LogP contribution in [0.4, 0.5) is 0 Å². The van der Waals surface area contributed by atoms with Gasteiger partial charge in [0.25, 0.3) is 0 Å². The summed E-state index contributed by atoms with van der Waals surface area (Å²) < 4.78 is 6.23. The average molecular weight is 351 g/mol. The van der Waals surface area contributed by atoms with Crippen molar-refractivity contribution in [1.29, 1.82) is 0 Å². The molecule has 1 fully saturated rings. The highest BCUT2D eigenvalue weighted by Crippen LogP contribution is 2.56. The molecule has 0 heterocycles. The molecule has 0 aliphatic heterocycles. The van der Waals surface area contributed by atoms with Gasteiger partial charge in [-0.3, -0.25) is 4.79 Å². The van der Waals surface area contributed by atoms with Crippen LogP contribution in [0, 0.1) is 12.8 Å². The standard InChI is InChI=1S/C23H29NO2/c1-16-11-13-18(14-12-16)23(5)19(21(25)24-22(2,3)4)20(23)26-15-17-9-7-6-8-10-17/h6-14,19-20H,15H2,1-5H3,(H,24,25)/t19-,20+,23+/m1/s1. The van der Waals surface area contributed by atoms with Gasteiger partial charge in [0, 0.05) is 11.0 Å². The lowest BCUT2D eigenvalue weighted by Crippen LogP contribution is -2.42. The highest BCUT2D eigenvalue weighted by Gasteiger charge is 2.67. The van der Waals surface area contributed by atoms with Gasteiger partial charge in [-0.25, -0.2) is 0 Å². The second kappa shape index (κ2) is 6.88. The molecule has 0 unspecified atom stereocenters. The molecule has 3 rings (SSSR count). The maximum absolute atomic E-state index is 12.9. The van der Waals surface area contributed by atoms with Crippen LogP contribution >= 0.6 is 0 Å². The first kappa shape index (κ1) is 18.7. The fraction of sp³-hybridized carbons (Fsp3) is 0.435. The number of benzene rings is 2. The number of carbonyl (C=O) groups excluding carboxylic acids is 1. The van der Waals surface area contributed by atoms with Crippen molar-refractivity contribution in [2.24, 2.45) is 5.92 Å². The van der Waals surface area contributed by atoms with E-state index in [1.807, 2.05) is 39.0 Å². The van der Waals surface area contributed by atoms with E-state index >= 15 is 0 Å². The molecule has 0 spiro atoms. The summed E-state index contributed by atoms with van der Waals surface area (Å²) in [7, 11) is 0. The Balaban J connectivity index is 1.81. The maximum Gasteiger partial charge on any atom is 0.227 e. The molecule has 1 amide bonds. The first-order valence-corrected chi connectivity index (χ1v) is 9.26. The van der Waals surface area contributed by atoms with E-state index in [-0.39, 0.29) is 28.9 Å². The molecule has 1 saturated carbocycles. The molecule has 26 heavy (non-hydrogen) atoms. The highest BCUT2D eigenvalue weighted by molar-refractivity contribution is 5.86. The minimum Gasteiger partial charge on any atom is -0.372 e. The molecular formula is C23H29NO2. The third kappa shape index (κ3) is 3.83. The Labute approximate surface area is 156 Å². The van der Waals surface area contributed by atoms with Crippen molar-refractivity contribution in [3.63, 3.8) is 0 Å². The molecule has 0 saturated heterocycles. The first-order chi connectivity index (χ1) is 12.2. The lowest BCUT2D eigenvalue weighted by Gasteiger charge is -2.21. The summed E-state index contributed by atoms with van der Waals surface area (Å²) in [6.45, 7) is 10.8. The van der Waals surface area contributed by atoms with E-state index in [0.29, 0.717) is 6.61 Å². The zero-order valence-corrected chi connectivity index (χ0v) is 16.4. The SMILES string of the molecule is Cc1ccc([C@]2(C)[C@@H](OCc3ccccc3)[C@@H]2C(=O)NC(C)(C)C)cc1. The number of nitrogens with one attached hydrogen (secondary N) is 1. The van der Waals surface area contributed by atoms with Gasteiger partial charge in [-0.15, -0.1) is 0 Å². The van der Waals surface area contributed by atoms with Gasteiger partial charge in [-0.05, 0) is 38.8 Å². The summed E-state index contributed by atoms with van der Waals surface area (Å²) in [6.07, 6.45) is -0.118. The van der Waals surface area contributed by atoms with Crippen LogP contribution in [0.5, 0.6) is 0 Å². The zero-order chi connectivity index (χ0) is 18.9. The molecule has 1 N–H and O–H groups in total. The lowest BCUT2D eigenvalue weighted by atomic mass is 9.94. The number of amides is 1. The molecule has 138 valence electrons. The predicted molar refractivity (Wildman–Crippen MR) is 105 cm³/mol. The second-order valence-electron chi connectivity index (χ2n) is 8.58. The Morgan fingerprint density at radius 2 is 1.69 bits per heavy atom. The van der Waals surface area contributed by atoms with Crippen LogP contribution in [-0.4, -0.2) is 17.6 Å². The Hall–Kier alpha value is -2.13. The molecular weight excluding hydrogens is 322 g/mol. The molecule has 2 aromatic carbocycles. The van der Waals surface area contributed by atoms with E-state index in [4.69, 9.17) is 4.74 Å². The van der Waals surface area contributed by atoms with Crippen LogP contribution in [0.25, 0.3) is 0 Å². The van der Waals surface area contributed by atoms with E-state index in [2.05, 4.69) is 55.6 Å². The Kier molecular flexibility index (Phi) is 4.94. The van der Waals surface area contributed by atoms with E-state index in [1.54, 1.807) is 0 Å². The van der Waals surface area contributed by atoms with Gasteiger partial charge < -0.3 is 10.1 Å². The fourth-order valence-electron chi connectivity index (χ4n) is 3.62. The van der Waals surface area contributed by atoms with E-state index in [9.17, 15) is 4.79 Å². The normalized spacial score (nSPS) is 25.0. The van der Waals surface area contributed by atoms with Crippen molar-refractivity contribution in [2.45, 2.75) is 58.3 Å². The largest absolute Gasteiger partial charge is 0.372 e. The molecule has 3 atom stereocenters. The Bertz CT molecular complexity index is 761. The predicted octanol–water partition coefficient (Wildman–Crippen LogP) is 4.38. The molecule has 1 aliphatic rings. The van der Waals surface area contributed by atoms with E-state index in [1.165, 1.54) is 5.56 Å². The highest BCUT2D eigenvalue weighted by atomic mass is 16.5. The molecule has 2 aromatic rings. The van der Waals surface area contributed by atoms with Gasteiger partial charge in [-0.1, -0.05) is 67.1 Å². The van der Waals surface area contributed by atoms with Crippen molar-refractivity contribution in [3.8, 4) is 0 Å². The minimum atomic E-state index is -0.294. The van der Waals surface area contributed by atoms with E-state index in [0.717, 1.165) is 11.1 Å². The van der Waals surface area contributed by atoms with Crippen LogP contribution in [0.2, 0.25) is 0 Å². The number of carbonyl (C=O) groups is 1. The molecule has 0 bridgehead atoms. The Morgan fingerprint density at radius 1 is 1.08 bits per heavy atom. The smallest absolute Gasteiger partial charge is 0.227 e. The van der Waals surface area contributed by atoms with Crippen LogP contribution in [0.1, 0.15) is 44.4 Å². The van der Waals surface area contributed by atoms with Crippen LogP contribution in [0.3, 0.4) is 0 Å². The summed E-state index contributed by atoms with van der Waals surface area (Å²) in [5.74, 6) is -0.105. The topological polar surface area (TPSA) is 38.3 Å². The Morgan fingerprint density at radius 3 is 2.27 bits per heavy atom. The molecule has 1 aliphatic carbocycles. The third-order valence-corrected chi connectivity index (χ3v) is 5.16. The van der Waals surface area contributed by atoms with Crippen molar-refractivity contribution in [2.75, 3.05) is 0 Å². The third-order valence-electron chi connectivity index (χ3n) is 5.16. The van der Waals surface area contributed by atoms with Crippen LogP contribution in [0.15, 0.2) is 54.6 Å². The lowest BCUT2D eigenvalue weighted by molar-refractivity contribution is -0.125. The summed E-state index contributed by atoms with van der Waals surface area (Å²) in [4.78, 5) is 12.9. The van der Waals surface area contributed by atoms with E-state index < -0.39 is 0 Å². The quantitative estimate of drug-likeness (QED) is 0.868. The fourth-order valence-corrected chi connectivity index (χ4v) is 3.62. The maximum atomic E-state index is 12.9. The molecule has 0 aromatic heterocycles. The van der Waals surface area contributed by atoms with Crippen molar-refractivity contribution < 1.29 is 9.53 Å². The van der Waals surface area contributed by atoms with Gasteiger partial charge in [-0.2, -0.15) is 0 Å². The van der Waals surface area contributed by atoms with Crippen molar-refractivity contribution in [1.82, 2.24) is 5.32 Å². The molecule has 0 radical (unpaired) electrons. The summed E-state index contributed by atoms with van der Waals surface area (Å²) in [5, 5.41) is 3.13. The van der Waals surface area contributed by atoms with Gasteiger partial charge in [0.05, 0.1) is 18.6 Å².